The third kappa shape index (κ3) is 7.09. The Balaban J connectivity index is 1.80. The summed E-state index contributed by atoms with van der Waals surface area (Å²) in [7, 11) is 0. The van der Waals surface area contributed by atoms with Gasteiger partial charge in [0, 0.05) is 11.1 Å². The van der Waals surface area contributed by atoms with Crippen LogP contribution < -0.4 is 15.5 Å². The molecule has 3 N–H and O–H groups in total. The highest BCUT2D eigenvalue weighted by atomic mass is 16.5. The number of rotatable bonds is 11. The molecule has 0 aliphatic heterocycles. The number of carbonyl (C=O) groups excluding carboxylic acids is 2. The van der Waals surface area contributed by atoms with Crippen molar-refractivity contribution in [1.82, 2.24) is 10.7 Å². The number of unbranched alkanes of at least 4 members (excludes halogenated alkanes) is 1. The molecule has 30 heavy (non-hydrogen) atoms. The van der Waals surface area contributed by atoms with Crippen LogP contribution in [0.1, 0.15) is 41.3 Å². The van der Waals surface area contributed by atoms with E-state index in [0.717, 1.165) is 12.8 Å². The topological polar surface area (TPSA) is 100 Å². The average molecular weight is 409 g/mol. The van der Waals surface area contributed by atoms with Gasteiger partial charge in [-0.15, -0.1) is 6.58 Å². The van der Waals surface area contributed by atoms with E-state index in [0.29, 0.717) is 35.5 Å². The van der Waals surface area contributed by atoms with Crippen LogP contribution in [0.25, 0.3) is 0 Å². The number of ether oxygens (including phenoxy) is 1. The van der Waals surface area contributed by atoms with Gasteiger partial charge in [0.05, 0.1) is 19.4 Å². The standard InChI is InChI=1S/C23H27N3O4/c1-3-5-14-30-20-12-10-18(11-13-20)23(29)24-16-21(27)26-25-15-19-9-6-8-17(7-4-2)22(19)28/h4,6,8-13,15,28H,2-3,5,7,14,16H2,1H3,(H,24,29)(H,26,27)/b25-15-. The zero-order valence-corrected chi connectivity index (χ0v) is 17.1. The number of allylic oxidation sites excluding steroid dienone is 1. The number of phenolic OH excluding ortho intramolecular Hbond substituents is 1. The van der Waals surface area contributed by atoms with Gasteiger partial charge >= 0.3 is 0 Å². The first kappa shape index (κ1) is 22.7. The number of hydrogen-bond acceptors (Lipinski definition) is 5. The molecule has 2 amide bonds. The van der Waals surface area contributed by atoms with Crippen LogP contribution in [0, 0.1) is 0 Å². The molecule has 0 saturated heterocycles. The smallest absolute Gasteiger partial charge is 0.259 e. The average Bonchev–Trinajstić information content (AvgIpc) is 2.75. The lowest BCUT2D eigenvalue weighted by molar-refractivity contribution is -0.120. The number of phenols is 1. The van der Waals surface area contributed by atoms with E-state index in [2.05, 4.69) is 29.3 Å². The molecule has 2 aromatic rings. The number of amides is 2. The number of benzene rings is 2. The minimum atomic E-state index is -0.485. The molecule has 0 aromatic heterocycles. The second-order valence-electron chi connectivity index (χ2n) is 6.55. The molecule has 158 valence electrons. The predicted molar refractivity (Wildman–Crippen MR) is 117 cm³/mol. The number of para-hydroxylation sites is 1. The molecule has 0 spiro atoms. The van der Waals surface area contributed by atoms with E-state index < -0.39 is 5.91 Å². The van der Waals surface area contributed by atoms with Gasteiger partial charge in [-0.2, -0.15) is 5.10 Å². The van der Waals surface area contributed by atoms with E-state index in [4.69, 9.17) is 4.74 Å². The molecule has 0 aliphatic carbocycles. The van der Waals surface area contributed by atoms with Crippen LogP contribution in [-0.4, -0.2) is 36.3 Å². The quantitative estimate of drug-likeness (QED) is 0.230. The maximum Gasteiger partial charge on any atom is 0.259 e. The maximum atomic E-state index is 12.1. The molecule has 7 heteroatoms. The first-order valence-electron chi connectivity index (χ1n) is 9.79. The minimum Gasteiger partial charge on any atom is -0.507 e. The van der Waals surface area contributed by atoms with E-state index in [1.807, 2.05) is 0 Å². The Morgan fingerprint density at radius 3 is 2.67 bits per heavy atom. The largest absolute Gasteiger partial charge is 0.507 e. The summed E-state index contributed by atoms with van der Waals surface area (Å²) in [5, 5.41) is 16.5. The first-order chi connectivity index (χ1) is 14.5. The number of carbonyl (C=O) groups is 2. The van der Waals surface area contributed by atoms with Crippen LogP contribution in [0.3, 0.4) is 0 Å². The van der Waals surface area contributed by atoms with Crippen molar-refractivity contribution in [2.75, 3.05) is 13.2 Å². The summed E-state index contributed by atoms with van der Waals surface area (Å²) in [6.07, 6.45) is 5.58. The molecule has 0 bridgehead atoms. The Morgan fingerprint density at radius 2 is 1.97 bits per heavy atom. The SMILES string of the molecule is C=CCc1cccc(/C=N\NC(=O)CNC(=O)c2ccc(OCCCC)cc2)c1O. The zero-order valence-electron chi connectivity index (χ0n) is 17.1. The highest BCUT2D eigenvalue weighted by molar-refractivity contribution is 5.96. The number of nitrogens with one attached hydrogen (secondary N) is 2. The third-order valence-corrected chi connectivity index (χ3v) is 4.20. The number of nitrogens with zero attached hydrogens (tertiary/aromatic N) is 1. The van der Waals surface area contributed by atoms with Crippen molar-refractivity contribution in [3.05, 3.63) is 71.8 Å². The van der Waals surface area contributed by atoms with Crippen molar-refractivity contribution in [3.63, 3.8) is 0 Å². The summed E-state index contributed by atoms with van der Waals surface area (Å²) >= 11 is 0. The highest BCUT2D eigenvalue weighted by Gasteiger charge is 2.08. The van der Waals surface area contributed by atoms with Crippen LogP contribution >= 0.6 is 0 Å². The molecule has 2 rings (SSSR count). The Hall–Kier alpha value is -3.61. The van der Waals surface area contributed by atoms with E-state index in [9.17, 15) is 14.7 Å². The van der Waals surface area contributed by atoms with Gasteiger partial charge in [-0.25, -0.2) is 5.43 Å². The second-order valence-corrected chi connectivity index (χ2v) is 6.55. The van der Waals surface area contributed by atoms with E-state index in [1.165, 1.54) is 6.21 Å². The number of hydrogen-bond donors (Lipinski definition) is 3. The molecular weight excluding hydrogens is 382 g/mol. The third-order valence-electron chi connectivity index (χ3n) is 4.20. The van der Waals surface area contributed by atoms with Crippen LogP contribution in [0.4, 0.5) is 0 Å². The van der Waals surface area contributed by atoms with Gasteiger partial charge in [-0.1, -0.05) is 31.6 Å². The van der Waals surface area contributed by atoms with Crippen LogP contribution in [-0.2, 0) is 11.2 Å². The van der Waals surface area contributed by atoms with Gasteiger partial charge in [0.2, 0.25) is 0 Å². The second kappa shape index (κ2) is 12.1. The van der Waals surface area contributed by atoms with Crippen LogP contribution in [0.5, 0.6) is 11.5 Å². The fraction of sp³-hybridized carbons (Fsp3) is 0.261. The summed E-state index contributed by atoms with van der Waals surface area (Å²) in [5.41, 5.74) is 3.94. The van der Waals surface area contributed by atoms with Crippen LogP contribution in [0.15, 0.2) is 60.2 Å². The van der Waals surface area contributed by atoms with Gasteiger partial charge in [0.25, 0.3) is 11.8 Å². The Bertz CT molecular complexity index is 892. The summed E-state index contributed by atoms with van der Waals surface area (Å²) < 4.78 is 5.56. The predicted octanol–water partition coefficient (Wildman–Crippen LogP) is 3.18. The minimum absolute atomic E-state index is 0.0887. The lowest BCUT2D eigenvalue weighted by Gasteiger charge is -2.07. The Labute approximate surface area is 176 Å². The van der Waals surface area contributed by atoms with Gasteiger partial charge in [0.1, 0.15) is 11.5 Å². The molecule has 0 radical (unpaired) electrons. The molecule has 0 unspecified atom stereocenters. The highest BCUT2D eigenvalue weighted by Crippen LogP contribution is 2.21. The van der Waals surface area contributed by atoms with E-state index >= 15 is 0 Å². The molecule has 7 nitrogen and oxygen atoms in total. The first-order valence-corrected chi connectivity index (χ1v) is 9.79. The van der Waals surface area contributed by atoms with Gasteiger partial charge in [-0.05, 0) is 48.7 Å². The summed E-state index contributed by atoms with van der Waals surface area (Å²) in [6.45, 7) is 6.14. The van der Waals surface area contributed by atoms with E-state index in [-0.39, 0.29) is 18.2 Å². The van der Waals surface area contributed by atoms with Crippen molar-refractivity contribution in [3.8, 4) is 11.5 Å². The fourth-order valence-electron chi connectivity index (χ4n) is 2.55. The molecule has 2 aromatic carbocycles. The number of aromatic hydroxyl groups is 1. The molecule has 0 fully saturated rings. The normalized spacial score (nSPS) is 10.6. The van der Waals surface area contributed by atoms with Crippen molar-refractivity contribution in [2.45, 2.75) is 26.2 Å². The Kier molecular flexibility index (Phi) is 9.12. The molecule has 0 atom stereocenters. The monoisotopic (exact) mass is 409 g/mol. The summed E-state index contributed by atoms with van der Waals surface area (Å²) in [5.74, 6) is -0.0665. The van der Waals surface area contributed by atoms with Crippen molar-refractivity contribution in [1.29, 1.82) is 0 Å². The van der Waals surface area contributed by atoms with Crippen molar-refractivity contribution in [2.24, 2.45) is 5.10 Å². The summed E-state index contributed by atoms with van der Waals surface area (Å²) in [6, 6.07) is 12.0. The lowest BCUT2D eigenvalue weighted by Crippen LogP contribution is -2.34. The van der Waals surface area contributed by atoms with Crippen molar-refractivity contribution >= 4 is 18.0 Å². The van der Waals surface area contributed by atoms with Gasteiger partial charge < -0.3 is 15.2 Å². The fourth-order valence-corrected chi connectivity index (χ4v) is 2.55. The molecular formula is C23H27N3O4. The van der Waals surface area contributed by atoms with Gasteiger partial charge in [-0.3, -0.25) is 9.59 Å². The molecule has 0 heterocycles. The maximum absolute atomic E-state index is 12.1. The molecule has 0 saturated carbocycles. The van der Waals surface area contributed by atoms with E-state index in [1.54, 1.807) is 48.5 Å². The van der Waals surface area contributed by atoms with Crippen molar-refractivity contribution < 1.29 is 19.4 Å². The van der Waals surface area contributed by atoms with Gasteiger partial charge in [0.15, 0.2) is 0 Å². The number of hydrazone groups is 1. The summed E-state index contributed by atoms with van der Waals surface area (Å²) in [4.78, 5) is 24.0. The van der Waals surface area contributed by atoms with Crippen LogP contribution in [0.2, 0.25) is 0 Å². The Morgan fingerprint density at radius 1 is 1.20 bits per heavy atom. The zero-order chi connectivity index (χ0) is 21.8. The molecule has 0 aliphatic rings. The lowest BCUT2D eigenvalue weighted by atomic mass is 10.1.